The Labute approximate surface area is 253 Å². The number of fused-ring (bicyclic) bond motifs is 3. The van der Waals surface area contributed by atoms with Crippen molar-refractivity contribution >= 4 is 29.8 Å². The molecule has 44 heavy (non-hydrogen) atoms. The third-order valence-electron chi connectivity index (χ3n) is 8.03. The van der Waals surface area contributed by atoms with Gasteiger partial charge < -0.3 is 25.6 Å². The van der Waals surface area contributed by atoms with Crippen molar-refractivity contribution in [2.24, 2.45) is 0 Å². The monoisotopic (exact) mass is 599 g/mol. The van der Waals surface area contributed by atoms with Crippen LogP contribution in [0, 0.1) is 0 Å². The van der Waals surface area contributed by atoms with Gasteiger partial charge in [0.1, 0.15) is 24.7 Å². The van der Waals surface area contributed by atoms with Gasteiger partial charge in [-0.3, -0.25) is 19.3 Å². The van der Waals surface area contributed by atoms with Crippen LogP contribution < -0.4 is 10.6 Å². The molecule has 0 spiro atoms. The van der Waals surface area contributed by atoms with Gasteiger partial charge in [0.05, 0.1) is 6.42 Å². The summed E-state index contributed by atoms with van der Waals surface area (Å²) >= 11 is 0. The molecule has 11 heteroatoms. The second-order valence-corrected chi connectivity index (χ2v) is 10.9. The molecule has 11 nitrogen and oxygen atoms in total. The van der Waals surface area contributed by atoms with Crippen LogP contribution in [0.25, 0.3) is 11.1 Å². The molecule has 0 radical (unpaired) electrons. The van der Waals surface area contributed by atoms with Crippen LogP contribution in [0.15, 0.2) is 78.9 Å². The van der Waals surface area contributed by atoms with E-state index in [1.54, 1.807) is 30.3 Å². The molecule has 3 aromatic carbocycles. The summed E-state index contributed by atoms with van der Waals surface area (Å²) in [6.45, 7) is 0.390. The minimum atomic E-state index is -1.68. The molecule has 0 unspecified atom stereocenters. The maximum absolute atomic E-state index is 13.5. The fourth-order valence-electron chi connectivity index (χ4n) is 5.91. The molecule has 0 saturated carbocycles. The standard InChI is InChI=1S/C33H33N3O8/c37-29(38)18-27(32(41)42)35-30(39)26(17-20-9-2-1-3-10-20)34-31(40)28-15-8-16-36(28)33(43)44-19-25-23-13-6-4-11-21(23)22-12-5-7-14-24(22)25/h1-7,9-14,25-28H,8,15-19H2,(H,34,40)(H,35,39)(H,37,38)(H,41,42)/t26-,27-,28-/m0/s1. The van der Waals surface area contributed by atoms with E-state index >= 15 is 0 Å². The summed E-state index contributed by atoms with van der Waals surface area (Å²) in [7, 11) is 0. The number of aliphatic carboxylic acids is 2. The van der Waals surface area contributed by atoms with E-state index in [1.807, 2.05) is 48.5 Å². The predicted octanol–water partition coefficient (Wildman–Crippen LogP) is 3.17. The van der Waals surface area contributed by atoms with E-state index in [-0.39, 0.29) is 18.9 Å². The first-order chi connectivity index (χ1) is 21.2. The van der Waals surface area contributed by atoms with Crippen LogP contribution in [0.3, 0.4) is 0 Å². The summed E-state index contributed by atoms with van der Waals surface area (Å²) in [4.78, 5) is 64.0. The fraction of sp³-hybridized carbons (Fsp3) is 0.303. The number of ether oxygens (including phenoxy) is 1. The van der Waals surface area contributed by atoms with Crippen LogP contribution in [0.4, 0.5) is 4.79 Å². The molecular formula is C33H33N3O8. The lowest BCUT2D eigenvalue weighted by Gasteiger charge is -2.27. The smallest absolute Gasteiger partial charge is 0.410 e. The van der Waals surface area contributed by atoms with Crippen molar-refractivity contribution in [1.29, 1.82) is 0 Å². The average molecular weight is 600 g/mol. The zero-order valence-corrected chi connectivity index (χ0v) is 23.8. The largest absolute Gasteiger partial charge is 0.481 e. The van der Waals surface area contributed by atoms with Crippen molar-refractivity contribution in [3.8, 4) is 11.1 Å². The number of nitrogens with one attached hydrogen (secondary N) is 2. The van der Waals surface area contributed by atoms with E-state index < -0.39 is 54.4 Å². The van der Waals surface area contributed by atoms with Gasteiger partial charge in [0.15, 0.2) is 0 Å². The van der Waals surface area contributed by atoms with E-state index in [9.17, 15) is 29.1 Å². The third-order valence-corrected chi connectivity index (χ3v) is 8.03. The van der Waals surface area contributed by atoms with Gasteiger partial charge in [0.25, 0.3) is 0 Å². The molecule has 3 atom stereocenters. The maximum atomic E-state index is 13.5. The Morgan fingerprint density at radius 3 is 2.05 bits per heavy atom. The molecule has 1 saturated heterocycles. The van der Waals surface area contributed by atoms with Crippen LogP contribution in [-0.4, -0.2) is 76.2 Å². The van der Waals surface area contributed by atoms with Crippen molar-refractivity contribution in [2.45, 2.75) is 49.7 Å². The predicted molar refractivity (Wildman–Crippen MR) is 159 cm³/mol. The van der Waals surface area contributed by atoms with Gasteiger partial charge in [-0.05, 0) is 40.7 Å². The van der Waals surface area contributed by atoms with Crippen molar-refractivity contribution in [1.82, 2.24) is 15.5 Å². The molecule has 1 aliphatic heterocycles. The SMILES string of the molecule is O=C(O)C[C@H](NC(=O)[C@H](Cc1ccccc1)NC(=O)[C@@H]1CCCN1C(=O)OCC1c2ccccc2-c2ccccc21)C(=O)O. The maximum Gasteiger partial charge on any atom is 0.410 e. The first kappa shape index (κ1) is 30.3. The van der Waals surface area contributed by atoms with Crippen molar-refractivity contribution in [3.05, 3.63) is 95.6 Å². The number of likely N-dealkylation sites (tertiary alicyclic amines) is 1. The molecular weight excluding hydrogens is 566 g/mol. The molecule has 228 valence electrons. The van der Waals surface area contributed by atoms with E-state index in [0.717, 1.165) is 22.3 Å². The second-order valence-electron chi connectivity index (χ2n) is 10.9. The van der Waals surface area contributed by atoms with E-state index in [0.29, 0.717) is 24.9 Å². The summed E-state index contributed by atoms with van der Waals surface area (Å²) in [5.41, 5.74) is 5.01. The first-order valence-corrected chi connectivity index (χ1v) is 14.4. The lowest BCUT2D eigenvalue weighted by molar-refractivity contribution is -0.147. The number of carbonyl (C=O) groups excluding carboxylic acids is 3. The Hall–Kier alpha value is -5.19. The van der Waals surface area contributed by atoms with E-state index in [2.05, 4.69) is 10.6 Å². The zero-order chi connectivity index (χ0) is 31.2. The van der Waals surface area contributed by atoms with Gasteiger partial charge in [-0.25, -0.2) is 9.59 Å². The topological polar surface area (TPSA) is 162 Å². The molecule has 1 heterocycles. The molecule has 1 fully saturated rings. The normalized spacial score (nSPS) is 16.7. The number of hydrogen-bond donors (Lipinski definition) is 4. The van der Waals surface area contributed by atoms with Crippen LogP contribution in [0.2, 0.25) is 0 Å². The minimum absolute atomic E-state index is 0.0233. The zero-order valence-electron chi connectivity index (χ0n) is 23.8. The number of carboxylic acid groups (broad SMARTS) is 2. The molecule has 0 bridgehead atoms. The first-order valence-electron chi connectivity index (χ1n) is 14.4. The number of carbonyl (C=O) groups is 5. The number of rotatable bonds is 11. The highest BCUT2D eigenvalue weighted by Crippen LogP contribution is 2.44. The number of nitrogens with zero attached hydrogens (tertiary/aromatic N) is 1. The van der Waals surface area contributed by atoms with Crippen molar-refractivity contribution < 1.29 is 38.9 Å². The quantitative estimate of drug-likeness (QED) is 0.261. The van der Waals surface area contributed by atoms with E-state index in [4.69, 9.17) is 9.84 Å². The second kappa shape index (κ2) is 13.4. The molecule has 1 aliphatic carbocycles. The molecule has 4 N–H and O–H groups in total. The average Bonchev–Trinajstić information content (AvgIpc) is 3.63. The fourth-order valence-corrected chi connectivity index (χ4v) is 5.91. The van der Waals surface area contributed by atoms with Gasteiger partial charge in [-0.15, -0.1) is 0 Å². The highest BCUT2D eigenvalue weighted by atomic mass is 16.6. The molecule has 2 aliphatic rings. The van der Waals surface area contributed by atoms with Gasteiger partial charge in [-0.2, -0.15) is 0 Å². The summed E-state index contributed by atoms with van der Waals surface area (Å²) in [5.74, 6) is -4.49. The minimum Gasteiger partial charge on any atom is -0.481 e. The Morgan fingerprint density at radius 1 is 0.818 bits per heavy atom. The van der Waals surface area contributed by atoms with Gasteiger partial charge >= 0.3 is 18.0 Å². The van der Waals surface area contributed by atoms with Gasteiger partial charge in [0, 0.05) is 18.9 Å². The van der Waals surface area contributed by atoms with Gasteiger partial charge in [0.2, 0.25) is 11.8 Å². The van der Waals surface area contributed by atoms with Crippen LogP contribution in [0.5, 0.6) is 0 Å². The Kier molecular flexibility index (Phi) is 9.23. The molecule has 0 aromatic heterocycles. The highest BCUT2D eigenvalue weighted by Gasteiger charge is 2.38. The number of carboxylic acids is 2. The third kappa shape index (κ3) is 6.72. The molecule has 3 aromatic rings. The van der Waals surface area contributed by atoms with Crippen LogP contribution in [0.1, 0.15) is 41.9 Å². The van der Waals surface area contributed by atoms with Crippen molar-refractivity contribution in [2.75, 3.05) is 13.2 Å². The molecule has 5 rings (SSSR count). The number of amides is 3. The summed E-state index contributed by atoms with van der Waals surface area (Å²) in [5, 5.41) is 23.4. The van der Waals surface area contributed by atoms with Crippen molar-refractivity contribution in [3.63, 3.8) is 0 Å². The lowest BCUT2D eigenvalue weighted by Crippen LogP contribution is -2.56. The summed E-state index contributed by atoms with van der Waals surface area (Å²) in [6.07, 6.45) is -0.536. The summed E-state index contributed by atoms with van der Waals surface area (Å²) in [6, 6.07) is 20.9. The van der Waals surface area contributed by atoms with Crippen LogP contribution in [-0.2, 0) is 30.3 Å². The summed E-state index contributed by atoms with van der Waals surface area (Å²) < 4.78 is 5.77. The van der Waals surface area contributed by atoms with Crippen LogP contribution >= 0.6 is 0 Å². The Morgan fingerprint density at radius 2 is 1.43 bits per heavy atom. The van der Waals surface area contributed by atoms with E-state index in [1.165, 1.54) is 4.90 Å². The Bertz CT molecular complexity index is 1510. The van der Waals surface area contributed by atoms with Gasteiger partial charge in [-0.1, -0.05) is 78.9 Å². The number of benzene rings is 3. The lowest BCUT2D eigenvalue weighted by atomic mass is 9.98. The number of hydrogen-bond acceptors (Lipinski definition) is 6. The highest BCUT2D eigenvalue weighted by molar-refractivity contribution is 5.94. The molecule has 3 amide bonds. The Balaban J connectivity index is 1.27.